The lowest BCUT2D eigenvalue weighted by atomic mass is 9.78. The summed E-state index contributed by atoms with van der Waals surface area (Å²) in [5.41, 5.74) is -1.98. The lowest BCUT2D eigenvalue weighted by Crippen LogP contribution is -2.53. The molecule has 2 fully saturated rings. The molecule has 0 unspecified atom stereocenters. The second-order valence-electron chi connectivity index (χ2n) is 13.0. The van der Waals surface area contributed by atoms with E-state index in [1.807, 2.05) is 0 Å². The third-order valence-electron chi connectivity index (χ3n) is 9.75. The molecule has 6 bridgehead atoms. The van der Waals surface area contributed by atoms with Crippen molar-refractivity contribution in [1.29, 1.82) is 0 Å². The first-order valence-electron chi connectivity index (χ1n) is 15.9. The van der Waals surface area contributed by atoms with Crippen molar-refractivity contribution in [2.24, 2.45) is 5.92 Å². The van der Waals surface area contributed by atoms with Gasteiger partial charge in [0.1, 0.15) is 28.9 Å². The average molecular weight is 708 g/mol. The first-order valence-corrected chi connectivity index (χ1v) is 16.3. The number of piperidine rings is 1. The van der Waals surface area contributed by atoms with E-state index >= 15 is 22.0 Å². The number of anilines is 1. The molecular weight excluding hydrogens is 677 g/mol. The first kappa shape index (κ1) is 33.2. The van der Waals surface area contributed by atoms with Crippen LogP contribution in [0.4, 0.5) is 27.8 Å². The Balaban J connectivity index is 1.36. The minimum Gasteiger partial charge on any atom is -0.480 e. The minimum absolute atomic E-state index is 0.0168. The number of carboxylic acid groups (broad SMARTS) is 1. The maximum absolute atomic E-state index is 17.0. The second-order valence-corrected chi connectivity index (χ2v) is 13.5. The van der Waals surface area contributed by atoms with Crippen molar-refractivity contribution in [2.75, 3.05) is 24.5 Å². The van der Waals surface area contributed by atoms with Gasteiger partial charge in [0.15, 0.2) is 11.4 Å². The van der Waals surface area contributed by atoms with Crippen LogP contribution in [0.5, 0.6) is 5.88 Å². The monoisotopic (exact) mass is 707 g/mol. The maximum Gasteiger partial charge on any atom is 0.326 e. The molecule has 16 heteroatoms. The van der Waals surface area contributed by atoms with E-state index < -0.39 is 79.0 Å². The Morgan fingerprint density at radius 2 is 1.78 bits per heavy atom. The number of furan rings is 1. The number of carbonyl (C=O) groups excluding carboxylic acids is 1. The summed E-state index contributed by atoms with van der Waals surface area (Å²) in [6.45, 7) is 0.588. The van der Waals surface area contributed by atoms with Crippen LogP contribution in [0.3, 0.4) is 0 Å². The van der Waals surface area contributed by atoms with Gasteiger partial charge in [-0.3, -0.25) is 4.79 Å². The third kappa shape index (κ3) is 5.79. The normalized spacial score (nSPS) is 27.2. The highest BCUT2D eigenvalue weighted by atomic mass is 35.5. The van der Waals surface area contributed by atoms with Crippen LogP contribution in [0.1, 0.15) is 56.8 Å². The van der Waals surface area contributed by atoms with E-state index in [4.69, 9.17) is 20.8 Å². The fraction of sp³-hybridized carbons (Fsp3) is 0.485. The number of pyridine rings is 1. The Bertz CT molecular complexity index is 1960. The predicted molar refractivity (Wildman–Crippen MR) is 167 cm³/mol. The Hall–Kier alpha value is -4.27. The van der Waals surface area contributed by atoms with Crippen LogP contribution in [-0.4, -0.2) is 74.5 Å². The Morgan fingerprint density at radius 3 is 2.51 bits per heavy atom. The number of benzene rings is 1. The van der Waals surface area contributed by atoms with Crippen LogP contribution in [0.15, 0.2) is 40.9 Å². The summed E-state index contributed by atoms with van der Waals surface area (Å²) >= 11 is 6.23. The van der Waals surface area contributed by atoms with Crippen molar-refractivity contribution in [3.63, 3.8) is 0 Å². The molecule has 0 saturated carbocycles. The van der Waals surface area contributed by atoms with Gasteiger partial charge in [-0.05, 0) is 31.0 Å². The fourth-order valence-electron chi connectivity index (χ4n) is 7.10. The van der Waals surface area contributed by atoms with E-state index in [0.717, 1.165) is 4.90 Å². The van der Waals surface area contributed by atoms with Gasteiger partial charge in [-0.2, -0.15) is 17.6 Å². The Morgan fingerprint density at radius 1 is 1.04 bits per heavy atom. The van der Waals surface area contributed by atoms with Crippen molar-refractivity contribution in [3.05, 3.63) is 52.9 Å². The van der Waals surface area contributed by atoms with Gasteiger partial charge in [-0.15, -0.1) is 0 Å². The van der Waals surface area contributed by atoms with Crippen molar-refractivity contribution >= 4 is 51.4 Å². The van der Waals surface area contributed by atoms with E-state index in [1.54, 1.807) is 24.3 Å². The largest absolute Gasteiger partial charge is 0.480 e. The van der Waals surface area contributed by atoms with E-state index in [-0.39, 0.29) is 65.9 Å². The molecule has 260 valence electrons. The van der Waals surface area contributed by atoms with E-state index in [2.05, 4.69) is 15.0 Å². The number of carboxylic acids is 1. The van der Waals surface area contributed by atoms with Crippen LogP contribution in [-0.2, 0) is 21.2 Å². The number of aliphatic carboxylic acids is 1. The SMILES string of the molecule is C[C@H]1CN2CC[C@]1(F)c1cc(Cl)cnc1O[C@H]1C[C@@H](C(=O)O)N(C1)c1nc(nc3c1oc1ccccc13)C(F)(F)CCCCC(F)(F)C2=O. The zero-order valence-corrected chi connectivity index (χ0v) is 26.9. The molecule has 8 rings (SSSR count). The first-order chi connectivity index (χ1) is 23.2. The van der Waals surface area contributed by atoms with E-state index in [0.29, 0.717) is 11.0 Å². The second kappa shape index (κ2) is 12.0. The summed E-state index contributed by atoms with van der Waals surface area (Å²) in [6.07, 6.45) is -2.98. The molecule has 1 N–H and O–H groups in total. The van der Waals surface area contributed by atoms with Crippen LogP contribution in [0.2, 0.25) is 5.02 Å². The number of para-hydroxylation sites is 1. The van der Waals surface area contributed by atoms with E-state index in [9.17, 15) is 14.7 Å². The number of amides is 1. The molecule has 10 nitrogen and oxygen atoms in total. The summed E-state index contributed by atoms with van der Waals surface area (Å²) in [6, 6.07) is 6.53. The van der Waals surface area contributed by atoms with Crippen LogP contribution in [0.25, 0.3) is 22.1 Å². The topological polar surface area (TPSA) is 122 Å². The van der Waals surface area contributed by atoms with Gasteiger partial charge in [0.25, 0.3) is 5.91 Å². The van der Waals surface area contributed by atoms with Crippen molar-refractivity contribution in [3.8, 4) is 5.88 Å². The Kier molecular flexibility index (Phi) is 8.11. The molecule has 2 saturated heterocycles. The van der Waals surface area contributed by atoms with Crippen molar-refractivity contribution in [1.82, 2.24) is 19.9 Å². The van der Waals surface area contributed by atoms with Crippen molar-refractivity contribution < 1.29 is 45.8 Å². The highest BCUT2D eigenvalue weighted by Crippen LogP contribution is 2.47. The van der Waals surface area contributed by atoms with Crippen LogP contribution < -0.4 is 9.64 Å². The summed E-state index contributed by atoms with van der Waals surface area (Å²) in [7, 11) is 0. The smallest absolute Gasteiger partial charge is 0.326 e. The van der Waals surface area contributed by atoms with Gasteiger partial charge >= 0.3 is 17.8 Å². The quantitative estimate of drug-likeness (QED) is 0.211. The molecule has 4 aliphatic heterocycles. The van der Waals surface area contributed by atoms with Gasteiger partial charge in [-0.1, -0.05) is 30.7 Å². The number of alkyl halides is 5. The van der Waals surface area contributed by atoms with Gasteiger partial charge < -0.3 is 24.1 Å². The number of hydrogen-bond donors (Lipinski definition) is 1. The molecule has 49 heavy (non-hydrogen) atoms. The zero-order chi connectivity index (χ0) is 34.9. The average Bonchev–Trinajstić information content (AvgIpc) is 3.66. The molecule has 0 aliphatic carbocycles. The number of carbonyl (C=O) groups is 2. The summed E-state index contributed by atoms with van der Waals surface area (Å²) in [4.78, 5) is 40.2. The molecule has 1 amide bonds. The third-order valence-corrected chi connectivity index (χ3v) is 9.95. The number of nitrogens with zero attached hydrogens (tertiary/aromatic N) is 5. The highest BCUT2D eigenvalue weighted by molar-refractivity contribution is 6.30. The molecule has 4 atom stereocenters. The molecule has 4 aliphatic rings. The maximum atomic E-state index is 17.0. The minimum atomic E-state index is -3.87. The van der Waals surface area contributed by atoms with Gasteiger partial charge in [0.05, 0.1) is 17.1 Å². The standard InChI is InChI=1S/C33H31ClF5N5O5/c1-17-15-43-11-10-31(17,35)21-12-18(34)14-40-27(21)48-19-13-22(28(45)46)44(16-19)26-25-24(20-6-2-3-7-23(20)49-25)41-29(42-26)32(36,37)8-4-5-9-33(38,39)30(43)47/h2-3,6-7,12,14,17,19,22H,4-5,8-11,13,15-16H2,1H3,(H,45,46)/t17-,19-,22-,31+/m0/s1. The molecule has 1 aromatic carbocycles. The molecule has 7 heterocycles. The lowest BCUT2D eigenvalue weighted by molar-refractivity contribution is -0.163. The number of hydrogen-bond acceptors (Lipinski definition) is 8. The highest BCUT2D eigenvalue weighted by Gasteiger charge is 2.51. The Labute approximate surface area is 281 Å². The number of aromatic nitrogens is 3. The number of ether oxygens (including phenoxy) is 1. The summed E-state index contributed by atoms with van der Waals surface area (Å²) in [5, 5.41) is 10.7. The van der Waals surface area contributed by atoms with Crippen molar-refractivity contribution in [2.45, 2.75) is 75.1 Å². The molecule has 4 aromatic rings. The summed E-state index contributed by atoms with van der Waals surface area (Å²) < 4.78 is 91.1. The molecule has 0 spiro atoms. The summed E-state index contributed by atoms with van der Waals surface area (Å²) in [5.74, 6) is -12.7. The number of fused-ring (bicyclic) bond motifs is 11. The van der Waals surface area contributed by atoms with E-state index in [1.165, 1.54) is 24.1 Å². The molecule has 3 aromatic heterocycles. The molecule has 0 radical (unpaired) electrons. The number of rotatable bonds is 1. The van der Waals surface area contributed by atoms with Gasteiger partial charge in [-0.25, -0.2) is 24.1 Å². The number of halogens is 6. The van der Waals surface area contributed by atoms with Gasteiger partial charge in [0, 0.05) is 56.3 Å². The molecular formula is C33H31ClF5N5O5. The predicted octanol–water partition coefficient (Wildman–Crippen LogP) is 6.87. The zero-order valence-electron chi connectivity index (χ0n) is 26.1. The fourth-order valence-corrected chi connectivity index (χ4v) is 7.26. The van der Waals surface area contributed by atoms with Gasteiger partial charge in [0.2, 0.25) is 11.7 Å². The lowest BCUT2D eigenvalue weighted by Gasteiger charge is -2.42. The van der Waals surface area contributed by atoms with Crippen LogP contribution in [0, 0.1) is 5.92 Å². The van der Waals surface area contributed by atoms with Crippen LogP contribution >= 0.6 is 11.6 Å².